The summed E-state index contributed by atoms with van der Waals surface area (Å²) in [6, 6.07) is 0. The number of hydrogen-bond donors (Lipinski definition) is 1. The van der Waals surface area contributed by atoms with Crippen molar-refractivity contribution in [2.75, 3.05) is 5.73 Å². The minimum Gasteiger partial charge on any atom is -0.395 e. The Morgan fingerprint density at radius 3 is 3.09 bits per heavy atom. The van der Waals surface area contributed by atoms with Crippen LogP contribution in [0.15, 0.2) is 18.6 Å². The van der Waals surface area contributed by atoms with Crippen LogP contribution in [0.5, 0.6) is 0 Å². The van der Waals surface area contributed by atoms with E-state index in [1.807, 2.05) is 0 Å². The number of fused-ring (bicyclic) bond motifs is 1. The third kappa shape index (κ3) is 0.832. The van der Waals surface area contributed by atoms with Gasteiger partial charge in [-0.15, -0.1) is 0 Å². The monoisotopic (exact) mass is 168 g/mol. The Kier molecular flexibility index (Phi) is 1.22. The third-order valence-corrected chi connectivity index (χ3v) is 1.79. The Morgan fingerprint density at radius 2 is 2.27 bits per heavy atom. The molecule has 0 bridgehead atoms. The zero-order valence-corrected chi connectivity index (χ0v) is 6.28. The number of hydrogen-bond acceptors (Lipinski definition) is 3. The van der Waals surface area contributed by atoms with Crippen molar-refractivity contribution >= 4 is 23.1 Å². The fraction of sp³-hybridized carbons (Fsp3) is 0. The molecule has 5 heteroatoms. The zero-order valence-electron chi connectivity index (χ0n) is 5.53. The van der Waals surface area contributed by atoms with Gasteiger partial charge in [0.25, 0.3) is 0 Å². The van der Waals surface area contributed by atoms with Gasteiger partial charge in [-0.05, 0) is 0 Å². The zero-order chi connectivity index (χ0) is 7.84. The summed E-state index contributed by atoms with van der Waals surface area (Å²) in [5.74, 6) is 0.559. The van der Waals surface area contributed by atoms with E-state index in [-0.39, 0.29) is 0 Å². The van der Waals surface area contributed by atoms with Gasteiger partial charge in [-0.1, -0.05) is 11.6 Å². The maximum atomic E-state index is 5.83. The van der Waals surface area contributed by atoms with E-state index in [9.17, 15) is 0 Å². The molecule has 11 heavy (non-hydrogen) atoms. The highest BCUT2D eigenvalue weighted by molar-refractivity contribution is 6.32. The molecule has 2 N–H and O–H groups in total. The topological polar surface area (TPSA) is 56.2 Å². The van der Waals surface area contributed by atoms with Crippen LogP contribution in [0, 0.1) is 0 Å². The molecule has 2 aromatic heterocycles. The Balaban J connectivity index is 2.93. The van der Waals surface area contributed by atoms with E-state index in [0.29, 0.717) is 16.6 Å². The van der Waals surface area contributed by atoms with Gasteiger partial charge in [0.1, 0.15) is 5.15 Å². The quantitative estimate of drug-likeness (QED) is 0.597. The third-order valence-electron chi connectivity index (χ3n) is 1.39. The van der Waals surface area contributed by atoms with Crippen LogP contribution in [0.3, 0.4) is 0 Å². The highest BCUT2D eigenvalue weighted by Crippen LogP contribution is 2.16. The number of imidazole rings is 1. The molecule has 0 radical (unpaired) electrons. The number of aromatic nitrogens is 3. The summed E-state index contributed by atoms with van der Waals surface area (Å²) in [6.45, 7) is 0. The molecule has 4 nitrogen and oxygen atoms in total. The van der Waals surface area contributed by atoms with Crippen molar-refractivity contribution in [1.29, 1.82) is 0 Å². The van der Waals surface area contributed by atoms with Gasteiger partial charge in [-0.3, -0.25) is 4.40 Å². The largest absolute Gasteiger partial charge is 0.395 e. The van der Waals surface area contributed by atoms with Crippen molar-refractivity contribution in [1.82, 2.24) is 14.4 Å². The van der Waals surface area contributed by atoms with Gasteiger partial charge in [-0.25, -0.2) is 9.97 Å². The SMILES string of the molecule is Nc1cnc2nccn2c1Cl. The van der Waals surface area contributed by atoms with E-state index in [2.05, 4.69) is 9.97 Å². The molecular weight excluding hydrogens is 164 g/mol. The van der Waals surface area contributed by atoms with Crippen LogP contribution in [0.1, 0.15) is 0 Å². The summed E-state index contributed by atoms with van der Waals surface area (Å²) in [5, 5.41) is 0.451. The van der Waals surface area contributed by atoms with Gasteiger partial charge in [-0.2, -0.15) is 0 Å². The van der Waals surface area contributed by atoms with Gasteiger partial charge in [0, 0.05) is 12.4 Å². The maximum absolute atomic E-state index is 5.83. The Bertz CT molecular complexity index is 394. The van der Waals surface area contributed by atoms with Gasteiger partial charge in [0.2, 0.25) is 5.78 Å². The minimum atomic E-state index is 0.451. The normalized spacial score (nSPS) is 10.6. The fourth-order valence-electron chi connectivity index (χ4n) is 0.864. The first-order valence-corrected chi connectivity index (χ1v) is 3.40. The van der Waals surface area contributed by atoms with E-state index in [4.69, 9.17) is 17.3 Å². The lowest BCUT2D eigenvalue weighted by Gasteiger charge is -1.98. The molecule has 0 fully saturated rings. The van der Waals surface area contributed by atoms with Crippen LogP contribution in [0.25, 0.3) is 5.78 Å². The average Bonchev–Trinajstić information content (AvgIpc) is 2.45. The van der Waals surface area contributed by atoms with Crippen LogP contribution in [0.2, 0.25) is 5.15 Å². The summed E-state index contributed by atoms with van der Waals surface area (Å²) in [7, 11) is 0. The highest BCUT2D eigenvalue weighted by Gasteiger charge is 2.01. The molecule has 0 amide bonds. The molecule has 0 saturated heterocycles. The first-order valence-electron chi connectivity index (χ1n) is 3.02. The second-order valence-corrected chi connectivity index (χ2v) is 2.46. The Labute approximate surface area is 67.6 Å². The van der Waals surface area contributed by atoms with Crippen LogP contribution < -0.4 is 5.73 Å². The van der Waals surface area contributed by atoms with Crippen LogP contribution in [0.4, 0.5) is 5.69 Å². The van der Waals surface area contributed by atoms with Gasteiger partial charge >= 0.3 is 0 Å². The first-order chi connectivity index (χ1) is 5.29. The molecule has 56 valence electrons. The van der Waals surface area contributed by atoms with Crippen molar-refractivity contribution < 1.29 is 0 Å². The molecule has 0 aliphatic heterocycles. The van der Waals surface area contributed by atoms with E-state index >= 15 is 0 Å². The van der Waals surface area contributed by atoms with Crippen LogP contribution in [-0.4, -0.2) is 14.4 Å². The molecule has 0 spiro atoms. The lowest BCUT2D eigenvalue weighted by atomic mass is 10.5. The molecule has 0 aliphatic rings. The number of nitrogens with two attached hydrogens (primary N) is 1. The van der Waals surface area contributed by atoms with E-state index in [0.717, 1.165) is 0 Å². The fourth-order valence-corrected chi connectivity index (χ4v) is 1.04. The number of anilines is 1. The minimum absolute atomic E-state index is 0.451. The highest BCUT2D eigenvalue weighted by atomic mass is 35.5. The molecule has 0 aliphatic carbocycles. The van der Waals surface area contributed by atoms with Crippen LogP contribution in [-0.2, 0) is 0 Å². The summed E-state index contributed by atoms with van der Waals surface area (Å²) in [5.41, 5.74) is 5.96. The molecule has 0 aromatic carbocycles. The van der Waals surface area contributed by atoms with Crippen LogP contribution >= 0.6 is 11.6 Å². The van der Waals surface area contributed by atoms with Crippen molar-refractivity contribution in [3.63, 3.8) is 0 Å². The van der Waals surface area contributed by atoms with Crippen molar-refractivity contribution in [3.05, 3.63) is 23.7 Å². The molecule has 0 saturated carbocycles. The van der Waals surface area contributed by atoms with E-state index < -0.39 is 0 Å². The Morgan fingerprint density at radius 1 is 1.45 bits per heavy atom. The molecule has 2 rings (SSSR count). The molecular formula is C6H5ClN4. The predicted octanol–water partition coefficient (Wildman–Crippen LogP) is 0.965. The number of nitrogen functional groups attached to an aromatic ring is 1. The van der Waals surface area contributed by atoms with E-state index in [1.54, 1.807) is 16.8 Å². The summed E-state index contributed by atoms with van der Waals surface area (Å²) in [6.07, 6.45) is 4.82. The van der Waals surface area contributed by atoms with Crippen molar-refractivity contribution in [2.24, 2.45) is 0 Å². The van der Waals surface area contributed by atoms with Crippen molar-refractivity contribution in [3.8, 4) is 0 Å². The van der Waals surface area contributed by atoms with Gasteiger partial charge in [0.15, 0.2) is 0 Å². The summed E-state index contributed by atoms with van der Waals surface area (Å²) < 4.78 is 1.62. The molecule has 0 atom stereocenters. The average molecular weight is 169 g/mol. The lowest BCUT2D eigenvalue weighted by molar-refractivity contribution is 1.11. The standard InChI is InChI=1S/C6H5ClN4/c7-5-4(8)3-10-6-9-1-2-11(5)6/h1-3H,8H2. The molecule has 2 aromatic rings. The summed E-state index contributed by atoms with van der Waals surface area (Å²) in [4.78, 5) is 7.88. The number of rotatable bonds is 0. The summed E-state index contributed by atoms with van der Waals surface area (Å²) >= 11 is 5.83. The maximum Gasteiger partial charge on any atom is 0.234 e. The number of halogens is 1. The first kappa shape index (κ1) is 6.42. The second-order valence-electron chi connectivity index (χ2n) is 2.10. The Hall–Kier alpha value is -1.29. The van der Waals surface area contributed by atoms with E-state index in [1.165, 1.54) is 6.20 Å². The molecule has 2 heterocycles. The number of nitrogens with zero attached hydrogens (tertiary/aromatic N) is 3. The lowest BCUT2D eigenvalue weighted by Crippen LogP contribution is -1.95. The second kappa shape index (κ2) is 2.10. The van der Waals surface area contributed by atoms with Crippen molar-refractivity contribution in [2.45, 2.75) is 0 Å². The van der Waals surface area contributed by atoms with Gasteiger partial charge in [0.05, 0.1) is 11.9 Å². The smallest absolute Gasteiger partial charge is 0.234 e. The predicted molar refractivity (Wildman–Crippen MR) is 42.4 cm³/mol. The molecule has 0 unspecified atom stereocenters. The van der Waals surface area contributed by atoms with Gasteiger partial charge < -0.3 is 5.73 Å².